The van der Waals surface area contributed by atoms with E-state index >= 15 is 0 Å². The summed E-state index contributed by atoms with van der Waals surface area (Å²) in [5, 5.41) is 0.523. The normalized spacial score (nSPS) is 19.2. The quantitative estimate of drug-likeness (QED) is 0.907. The number of fused-ring (bicyclic) bond motifs is 1. The van der Waals surface area contributed by atoms with Crippen LogP contribution in [-0.4, -0.2) is 33.4 Å². The van der Waals surface area contributed by atoms with Crippen molar-refractivity contribution in [3.63, 3.8) is 0 Å². The Hall–Kier alpha value is -1.14. The molecule has 0 saturated carbocycles. The zero-order valence-corrected chi connectivity index (χ0v) is 12.4. The molecule has 0 aromatic carbocycles. The van der Waals surface area contributed by atoms with Gasteiger partial charge in [0.15, 0.2) is 0 Å². The summed E-state index contributed by atoms with van der Waals surface area (Å²) in [5.74, 6) is 0. The van der Waals surface area contributed by atoms with Crippen molar-refractivity contribution in [1.82, 2.24) is 14.3 Å². The summed E-state index contributed by atoms with van der Waals surface area (Å²) in [6.45, 7) is 2.49. The van der Waals surface area contributed by atoms with E-state index in [9.17, 15) is 4.79 Å². The van der Waals surface area contributed by atoms with E-state index in [2.05, 4.69) is 9.88 Å². The molecule has 5 nitrogen and oxygen atoms in total. The first kappa shape index (κ1) is 15.3. The maximum Gasteiger partial charge on any atom is 0.258 e. The summed E-state index contributed by atoms with van der Waals surface area (Å²) in [4.78, 5) is 18.7. The average Bonchev–Trinajstić information content (AvgIpc) is 2.76. The van der Waals surface area contributed by atoms with E-state index in [4.69, 9.17) is 17.3 Å². The van der Waals surface area contributed by atoms with E-state index in [1.807, 2.05) is 0 Å². The molecule has 0 amide bonds. The Morgan fingerprint density at radius 1 is 1.45 bits per heavy atom. The lowest BCUT2D eigenvalue weighted by Gasteiger charge is -2.14. The first-order valence-electron chi connectivity index (χ1n) is 6.27. The van der Waals surface area contributed by atoms with Gasteiger partial charge in [-0.2, -0.15) is 0 Å². The predicted molar refractivity (Wildman–Crippen MR) is 81.6 cm³/mol. The molecule has 1 aliphatic heterocycles. The summed E-state index contributed by atoms with van der Waals surface area (Å²) in [6.07, 6.45) is 2.59. The van der Waals surface area contributed by atoms with E-state index in [1.165, 1.54) is 4.40 Å². The van der Waals surface area contributed by atoms with Crippen molar-refractivity contribution in [3.8, 4) is 0 Å². The molecular formula is C13H16Cl2N4O. The number of pyridine rings is 1. The summed E-state index contributed by atoms with van der Waals surface area (Å²) >= 11 is 5.87. The highest BCUT2D eigenvalue weighted by Crippen LogP contribution is 2.12. The molecule has 1 aliphatic rings. The SMILES string of the molecule is Cl.NC1CCN(Cc2cc(=O)n3cc(Cl)ccc3n2)C1. The largest absolute Gasteiger partial charge is 0.326 e. The van der Waals surface area contributed by atoms with Crippen molar-refractivity contribution >= 4 is 29.7 Å². The fraction of sp³-hybridized carbons (Fsp3) is 0.385. The van der Waals surface area contributed by atoms with Crippen molar-refractivity contribution in [1.29, 1.82) is 0 Å². The van der Waals surface area contributed by atoms with Crippen molar-refractivity contribution in [2.75, 3.05) is 13.1 Å². The molecule has 1 unspecified atom stereocenters. The van der Waals surface area contributed by atoms with Crippen LogP contribution >= 0.6 is 24.0 Å². The Morgan fingerprint density at radius 3 is 2.95 bits per heavy atom. The van der Waals surface area contributed by atoms with Gasteiger partial charge in [0.2, 0.25) is 0 Å². The van der Waals surface area contributed by atoms with Crippen LogP contribution in [0.3, 0.4) is 0 Å². The van der Waals surface area contributed by atoms with Crippen LogP contribution in [0.4, 0.5) is 0 Å². The lowest BCUT2D eigenvalue weighted by Crippen LogP contribution is -2.27. The van der Waals surface area contributed by atoms with Gasteiger partial charge in [0.05, 0.1) is 10.7 Å². The Balaban J connectivity index is 0.00000147. The molecular weight excluding hydrogens is 299 g/mol. The molecule has 0 aliphatic carbocycles. The zero-order valence-electron chi connectivity index (χ0n) is 10.8. The minimum atomic E-state index is -0.106. The molecule has 3 rings (SSSR count). The zero-order chi connectivity index (χ0) is 13.4. The van der Waals surface area contributed by atoms with Gasteiger partial charge in [-0.15, -0.1) is 12.4 Å². The lowest BCUT2D eigenvalue weighted by atomic mass is 10.3. The third-order valence-corrected chi connectivity index (χ3v) is 3.59. The van der Waals surface area contributed by atoms with E-state index in [-0.39, 0.29) is 24.0 Å². The molecule has 1 saturated heterocycles. The van der Waals surface area contributed by atoms with Gasteiger partial charge in [0.1, 0.15) is 5.65 Å². The predicted octanol–water partition coefficient (Wildman–Crippen LogP) is 1.30. The van der Waals surface area contributed by atoms with Crippen molar-refractivity contribution < 1.29 is 0 Å². The third-order valence-electron chi connectivity index (χ3n) is 3.37. The number of halogens is 2. The smallest absolute Gasteiger partial charge is 0.258 e. The van der Waals surface area contributed by atoms with Crippen LogP contribution in [0.5, 0.6) is 0 Å². The van der Waals surface area contributed by atoms with Gasteiger partial charge in [-0.3, -0.25) is 14.1 Å². The first-order chi connectivity index (χ1) is 9.11. The van der Waals surface area contributed by atoms with Crippen LogP contribution in [0.1, 0.15) is 12.1 Å². The summed E-state index contributed by atoms with van der Waals surface area (Å²) < 4.78 is 1.46. The maximum absolute atomic E-state index is 12.0. The number of nitrogens with two attached hydrogens (primary N) is 1. The summed E-state index contributed by atoms with van der Waals surface area (Å²) in [6, 6.07) is 5.29. The number of hydrogen-bond donors (Lipinski definition) is 1. The molecule has 0 bridgehead atoms. The Morgan fingerprint density at radius 2 is 2.25 bits per heavy atom. The van der Waals surface area contributed by atoms with Crippen LogP contribution in [0.2, 0.25) is 5.02 Å². The molecule has 2 N–H and O–H groups in total. The van der Waals surface area contributed by atoms with Crippen molar-refractivity contribution in [2.45, 2.75) is 19.0 Å². The van der Waals surface area contributed by atoms with E-state index < -0.39 is 0 Å². The second-order valence-electron chi connectivity index (χ2n) is 4.95. The van der Waals surface area contributed by atoms with E-state index in [1.54, 1.807) is 24.4 Å². The number of nitrogens with zero attached hydrogens (tertiary/aromatic N) is 3. The first-order valence-corrected chi connectivity index (χ1v) is 6.65. The van der Waals surface area contributed by atoms with E-state index in [0.29, 0.717) is 17.2 Å². The van der Waals surface area contributed by atoms with Gasteiger partial charge < -0.3 is 5.73 Å². The highest BCUT2D eigenvalue weighted by Gasteiger charge is 2.19. The van der Waals surface area contributed by atoms with Gasteiger partial charge >= 0.3 is 0 Å². The topological polar surface area (TPSA) is 63.6 Å². The van der Waals surface area contributed by atoms with Gasteiger partial charge in [0, 0.05) is 37.9 Å². The van der Waals surface area contributed by atoms with Crippen LogP contribution in [-0.2, 0) is 6.54 Å². The molecule has 108 valence electrons. The summed E-state index contributed by atoms with van der Waals surface area (Å²) in [7, 11) is 0. The van der Waals surface area contributed by atoms with Gasteiger partial charge in [0.25, 0.3) is 5.56 Å². The standard InChI is InChI=1S/C13H15ClN4O.ClH/c14-9-1-2-12-16-11(5-13(19)18(12)6-9)8-17-4-3-10(15)7-17;/h1-2,5-6,10H,3-4,7-8,15H2;1H. The molecule has 20 heavy (non-hydrogen) atoms. The molecule has 0 radical (unpaired) electrons. The number of hydrogen-bond acceptors (Lipinski definition) is 4. The monoisotopic (exact) mass is 314 g/mol. The maximum atomic E-state index is 12.0. The minimum Gasteiger partial charge on any atom is -0.326 e. The number of likely N-dealkylation sites (tertiary alicyclic amines) is 1. The van der Waals surface area contributed by atoms with Crippen LogP contribution in [0.15, 0.2) is 29.2 Å². The van der Waals surface area contributed by atoms with E-state index in [0.717, 1.165) is 25.2 Å². The highest BCUT2D eigenvalue weighted by atomic mass is 35.5. The third kappa shape index (κ3) is 3.12. The molecule has 1 fully saturated rings. The van der Waals surface area contributed by atoms with Crippen LogP contribution in [0, 0.1) is 0 Å². The number of rotatable bonds is 2. The molecule has 0 spiro atoms. The van der Waals surface area contributed by atoms with Gasteiger partial charge in [-0.25, -0.2) is 4.98 Å². The highest BCUT2D eigenvalue weighted by molar-refractivity contribution is 6.30. The van der Waals surface area contributed by atoms with Gasteiger partial charge in [-0.05, 0) is 18.6 Å². The second-order valence-corrected chi connectivity index (χ2v) is 5.38. The lowest BCUT2D eigenvalue weighted by molar-refractivity contribution is 0.323. The summed E-state index contributed by atoms with van der Waals surface area (Å²) in [5.41, 5.74) is 7.17. The Bertz CT molecular complexity index is 673. The number of aromatic nitrogens is 2. The molecule has 1 atom stereocenters. The van der Waals surface area contributed by atoms with Crippen LogP contribution in [0.25, 0.3) is 5.65 Å². The second kappa shape index (κ2) is 6.10. The molecule has 7 heteroatoms. The van der Waals surface area contributed by atoms with Crippen molar-refractivity contribution in [3.05, 3.63) is 45.5 Å². The fourth-order valence-electron chi connectivity index (χ4n) is 2.44. The molecule has 2 aromatic rings. The molecule has 3 heterocycles. The minimum absolute atomic E-state index is 0. The van der Waals surface area contributed by atoms with Gasteiger partial charge in [-0.1, -0.05) is 11.6 Å². The average molecular weight is 315 g/mol. The Kier molecular flexibility index (Phi) is 4.65. The van der Waals surface area contributed by atoms with Crippen molar-refractivity contribution in [2.24, 2.45) is 5.73 Å². The Labute approximate surface area is 127 Å². The molecule has 2 aromatic heterocycles. The fourth-order valence-corrected chi connectivity index (χ4v) is 2.60. The van der Waals surface area contributed by atoms with Crippen LogP contribution < -0.4 is 11.3 Å².